The van der Waals surface area contributed by atoms with E-state index in [2.05, 4.69) is 10.5 Å². The van der Waals surface area contributed by atoms with E-state index in [1.165, 1.54) is 39.4 Å². The van der Waals surface area contributed by atoms with E-state index in [9.17, 15) is 37.2 Å². The molecule has 3 fully saturated rings. The second-order valence-corrected chi connectivity index (χ2v) is 14.3. The number of nitrogens with zero attached hydrogens (tertiary/aromatic N) is 3. The molecule has 0 aliphatic carbocycles. The summed E-state index contributed by atoms with van der Waals surface area (Å²) < 4.78 is 44.1. The van der Waals surface area contributed by atoms with Crippen molar-refractivity contribution >= 4 is 63.1 Å². The summed E-state index contributed by atoms with van der Waals surface area (Å²) >= 11 is 1.14. The van der Waals surface area contributed by atoms with Crippen LogP contribution in [0.4, 0.5) is 4.79 Å². The molecule has 0 spiro atoms. The maximum absolute atomic E-state index is 13.2. The van der Waals surface area contributed by atoms with Gasteiger partial charge in [0, 0.05) is 11.3 Å². The van der Waals surface area contributed by atoms with E-state index in [4.69, 9.17) is 29.2 Å². The number of rotatable bonds is 10. The monoisotopic (exact) mass is 669 g/mol. The number of primary amides is 1. The zero-order valence-corrected chi connectivity index (χ0v) is 25.5. The van der Waals surface area contributed by atoms with Gasteiger partial charge in [0.1, 0.15) is 42.2 Å². The second-order valence-electron chi connectivity index (χ2n) is 10.5. The standard InChI is InChI=1S/C25H27N5O13S2/c1-25(2)18(29-13(31)7-14(29)45(25,37)38)23(35)43-10-42-22(34)17-11(8-41-24(26)36)9-44-21-16(20(33)30(17)21)27-19(32)15(28-39-3)12-5-4-6-40-12/h4-6,14,16,18,21H,7-10H2,1-3H3,(H2,26,36)(H,27,32)/b28-15-. The molecule has 0 radical (unpaired) electrons. The molecule has 0 bridgehead atoms. The van der Waals surface area contributed by atoms with Crippen LogP contribution in [0.1, 0.15) is 26.0 Å². The molecule has 3 N–H and O–H groups in total. The van der Waals surface area contributed by atoms with Crippen molar-refractivity contribution in [3.05, 3.63) is 35.4 Å². The number of hydrogen-bond donors (Lipinski definition) is 2. The Morgan fingerprint density at radius 1 is 1.20 bits per heavy atom. The lowest BCUT2D eigenvalue weighted by molar-refractivity contribution is -0.175. The number of ether oxygens (including phenoxy) is 3. The summed E-state index contributed by atoms with van der Waals surface area (Å²) in [6.45, 7) is 1.12. The smallest absolute Gasteiger partial charge is 0.404 e. The van der Waals surface area contributed by atoms with Gasteiger partial charge in [0.2, 0.25) is 18.4 Å². The molecule has 20 heteroatoms. The molecule has 4 unspecified atom stereocenters. The van der Waals surface area contributed by atoms with Gasteiger partial charge in [-0.05, 0) is 26.0 Å². The molecule has 5 rings (SSSR count). The highest BCUT2D eigenvalue weighted by Gasteiger charge is 2.68. The number of carbonyl (C=O) groups excluding carboxylic acids is 6. The van der Waals surface area contributed by atoms with Crippen LogP contribution in [0.25, 0.3) is 0 Å². The van der Waals surface area contributed by atoms with Crippen molar-refractivity contribution in [2.45, 2.75) is 47.8 Å². The Morgan fingerprint density at radius 3 is 2.56 bits per heavy atom. The molecule has 1 aromatic heterocycles. The molecular formula is C25H27N5O13S2. The van der Waals surface area contributed by atoms with Gasteiger partial charge < -0.3 is 39.4 Å². The van der Waals surface area contributed by atoms with Crippen LogP contribution < -0.4 is 11.1 Å². The Balaban J connectivity index is 1.28. The fourth-order valence-corrected chi connectivity index (χ4v) is 8.80. The molecule has 45 heavy (non-hydrogen) atoms. The van der Waals surface area contributed by atoms with Crippen LogP contribution in [-0.4, -0.2) is 114 Å². The third-order valence-corrected chi connectivity index (χ3v) is 11.8. The van der Waals surface area contributed by atoms with Crippen LogP contribution in [-0.2, 0) is 52.9 Å². The van der Waals surface area contributed by atoms with Gasteiger partial charge in [-0.1, -0.05) is 5.16 Å². The topological polar surface area (TPSA) is 244 Å². The van der Waals surface area contributed by atoms with E-state index in [1.54, 1.807) is 0 Å². The number of oxime groups is 1. The Labute approximate surface area is 259 Å². The highest BCUT2D eigenvalue weighted by Crippen LogP contribution is 2.46. The number of β-lactam (4-membered cyclic amide) rings is 2. The average molecular weight is 670 g/mol. The molecule has 4 atom stereocenters. The number of furan rings is 1. The second kappa shape index (κ2) is 11.7. The van der Waals surface area contributed by atoms with Crippen molar-refractivity contribution < 1.29 is 60.7 Å². The first-order valence-corrected chi connectivity index (χ1v) is 15.7. The van der Waals surface area contributed by atoms with Gasteiger partial charge in [0.05, 0.1) is 17.4 Å². The predicted octanol–water partition coefficient (Wildman–Crippen LogP) is -1.44. The largest absolute Gasteiger partial charge is 0.462 e. The van der Waals surface area contributed by atoms with Crippen LogP contribution in [0.15, 0.2) is 39.2 Å². The van der Waals surface area contributed by atoms with Gasteiger partial charge in [-0.3, -0.25) is 19.3 Å². The average Bonchev–Trinajstić information content (AvgIpc) is 3.55. The van der Waals surface area contributed by atoms with Crippen molar-refractivity contribution in [1.82, 2.24) is 15.1 Å². The van der Waals surface area contributed by atoms with E-state index in [-0.39, 0.29) is 34.9 Å². The molecule has 1 aromatic rings. The third kappa shape index (κ3) is 5.26. The minimum Gasteiger partial charge on any atom is -0.462 e. The van der Waals surface area contributed by atoms with E-state index in [0.29, 0.717) is 0 Å². The predicted molar refractivity (Wildman–Crippen MR) is 149 cm³/mol. The summed E-state index contributed by atoms with van der Waals surface area (Å²) in [6, 6.07) is 0.403. The fourth-order valence-electron chi connectivity index (χ4n) is 5.35. The lowest BCUT2D eigenvalue weighted by atomic mass is 9.98. The summed E-state index contributed by atoms with van der Waals surface area (Å²) in [7, 11) is -2.66. The minimum atomic E-state index is -3.88. The Bertz CT molecular complexity index is 1640. The molecule has 0 saturated carbocycles. The molecule has 242 valence electrons. The number of fused-ring (bicyclic) bond motifs is 2. The first-order valence-electron chi connectivity index (χ1n) is 13.2. The highest BCUT2D eigenvalue weighted by atomic mass is 32.2. The molecule has 4 aliphatic heterocycles. The van der Waals surface area contributed by atoms with E-state index < -0.39 is 86.6 Å². The highest BCUT2D eigenvalue weighted by molar-refractivity contribution is 8.00. The summed E-state index contributed by atoms with van der Waals surface area (Å²) in [5, 5.41) is 4.24. The normalized spacial score (nSPS) is 26.2. The van der Waals surface area contributed by atoms with Gasteiger partial charge in [0.15, 0.2) is 15.6 Å². The van der Waals surface area contributed by atoms with Crippen molar-refractivity contribution in [1.29, 1.82) is 0 Å². The Hall–Kier alpha value is -4.59. The maximum atomic E-state index is 13.2. The summed E-state index contributed by atoms with van der Waals surface area (Å²) in [5.74, 6) is -4.20. The van der Waals surface area contributed by atoms with Crippen molar-refractivity contribution in [2.75, 3.05) is 26.3 Å². The SMILES string of the molecule is CO/N=C(\C(=O)NC1C(=O)N2C(C(=O)OCOC(=O)C3N4C(=O)CC4S(=O)(=O)C3(C)C)=C(COC(N)=O)CSC12)c1ccco1. The van der Waals surface area contributed by atoms with Gasteiger partial charge in [-0.25, -0.2) is 22.8 Å². The first kappa shape index (κ1) is 31.8. The lowest BCUT2D eigenvalue weighted by Crippen LogP contribution is -2.71. The zero-order valence-electron chi connectivity index (χ0n) is 23.9. The van der Waals surface area contributed by atoms with E-state index >= 15 is 0 Å². The van der Waals surface area contributed by atoms with Gasteiger partial charge in [-0.15, -0.1) is 11.8 Å². The Kier molecular flexibility index (Phi) is 8.29. The maximum Gasteiger partial charge on any atom is 0.404 e. The van der Waals surface area contributed by atoms with Gasteiger partial charge in [0.25, 0.3) is 11.8 Å². The van der Waals surface area contributed by atoms with Crippen molar-refractivity contribution in [2.24, 2.45) is 10.9 Å². The van der Waals surface area contributed by atoms with Crippen molar-refractivity contribution in [3.63, 3.8) is 0 Å². The molecule has 5 heterocycles. The molecule has 18 nitrogen and oxygen atoms in total. The molecular weight excluding hydrogens is 642 g/mol. The fraction of sp³-hybridized carbons (Fsp3) is 0.480. The van der Waals surface area contributed by atoms with E-state index in [1.807, 2.05) is 0 Å². The number of amides is 4. The van der Waals surface area contributed by atoms with Crippen LogP contribution in [0.3, 0.4) is 0 Å². The Morgan fingerprint density at radius 2 is 1.93 bits per heavy atom. The van der Waals surface area contributed by atoms with Gasteiger partial charge >= 0.3 is 18.0 Å². The minimum absolute atomic E-state index is 0.0438. The molecule has 0 aromatic carbocycles. The quantitative estimate of drug-likeness (QED) is 0.0953. The van der Waals surface area contributed by atoms with Gasteiger partial charge in [-0.2, -0.15) is 0 Å². The molecule has 3 saturated heterocycles. The summed E-state index contributed by atoms with van der Waals surface area (Å²) in [5.41, 5.74) is 4.63. The lowest BCUT2D eigenvalue weighted by Gasteiger charge is -2.49. The van der Waals surface area contributed by atoms with Crippen LogP contribution in [0.2, 0.25) is 0 Å². The van der Waals surface area contributed by atoms with Crippen LogP contribution in [0.5, 0.6) is 0 Å². The summed E-state index contributed by atoms with van der Waals surface area (Å²) in [6.07, 6.45) is -0.0795. The van der Waals surface area contributed by atoms with E-state index in [0.717, 1.165) is 21.6 Å². The third-order valence-electron chi connectivity index (χ3n) is 7.66. The number of nitrogens with one attached hydrogen (secondary N) is 1. The van der Waals surface area contributed by atoms with Crippen molar-refractivity contribution in [3.8, 4) is 0 Å². The number of sulfone groups is 1. The van der Waals surface area contributed by atoms with Crippen LogP contribution >= 0.6 is 11.8 Å². The molecule has 4 amide bonds. The first-order chi connectivity index (χ1) is 21.2. The number of esters is 2. The summed E-state index contributed by atoms with van der Waals surface area (Å²) in [4.78, 5) is 82.3. The number of hydrogen-bond acceptors (Lipinski definition) is 15. The zero-order chi connectivity index (χ0) is 32.8. The number of nitrogens with two attached hydrogens (primary N) is 1. The number of thioether (sulfide) groups is 1. The molecule has 4 aliphatic rings. The number of carbonyl (C=O) groups is 6. The van der Waals surface area contributed by atoms with Crippen LogP contribution in [0, 0.1) is 0 Å².